The zero-order valence-electron chi connectivity index (χ0n) is 13.6. The molecule has 0 fully saturated rings. The molecule has 0 aliphatic rings. The van der Waals surface area contributed by atoms with Crippen molar-refractivity contribution in [2.75, 3.05) is 0 Å². The first-order valence-corrected chi connectivity index (χ1v) is 9.61. The summed E-state index contributed by atoms with van der Waals surface area (Å²) in [5.41, 5.74) is 0. The van der Waals surface area contributed by atoms with E-state index < -0.39 is 0 Å². The Hall–Kier alpha value is -0.0600. The normalized spacial score (nSPS) is 10.5. The van der Waals surface area contributed by atoms with Crippen LogP contribution in [-0.2, 0) is 7.86 Å². The van der Waals surface area contributed by atoms with Crippen molar-refractivity contribution < 1.29 is 7.86 Å². The van der Waals surface area contributed by atoms with Crippen LogP contribution in [0.4, 0.5) is 0 Å². The summed E-state index contributed by atoms with van der Waals surface area (Å²) in [5, 5.41) is 0. The molecule has 0 spiro atoms. The molecule has 0 bridgehead atoms. The molecule has 2 nitrogen and oxygen atoms in total. The van der Waals surface area contributed by atoms with E-state index in [-0.39, 0.29) is 5.97 Å². The van der Waals surface area contributed by atoms with Gasteiger partial charge in [-0.25, -0.2) is 0 Å². The van der Waals surface area contributed by atoms with E-state index in [1.165, 1.54) is 77.0 Å². The van der Waals surface area contributed by atoms with Crippen molar-refractivity contribution in [3.8, 4) is 0 Å². The fourth-order valence-electron chi connectivity index (χ4n) is 2.54. The number of carbonyl (C=O) groups is 1. The molecule has 0 heterocycles. The van der Waals surface area contributed by atoms with Gasteiger partial charge in [0, 0.05) is 6.42 Å². The van der Waals surface area contributed by atoms with Crippen LogP contribution in [0.2, 0.25) is 0 Å². The molecular weight excluding hydrogens is 375 g/mol. The Bertz CT molecular complexity index is 241. The summed E-state index contributed by atoms with van der Waals surface area (Å²) >= 11 is 1.66. The quantitative estimate of drug-likeness (QED) is 0.157. The van der Waals surface area contributed by atoms with Crippen LogP contribution in [0.5, 0.6) is 0 Å². The first-order valence-electron chi connectivity index (χ1n) is 8.73. The third-order valence-electron chi connectivity index (χ3n) is 3.88. The van der Waals surface area contributed by atoms with Crippen molar-refractivity contribution in [2.45, 2.75) is 96.3 Å². The maximum absolute atomic E-state index is 10.9. The van der Waals surface area contributed by atoms with Gasteiger partial charge in [-0.05, 0) is 19.3 Å². The number of halogens is 1. The van der Waals surface area contributed by atoms with Crippen LogP contribution in [0.3, 0.4) is 0 Å². The molecule has 0 radical (unpaired) electrons. The lowest BCUT2D eigenvalue weighted by molar-refractivity contribution is -0.131. The monoisotopic (exact) mass is 408 g/mol. The highest BCUT2D eigenvalue weighted by atomic mass is 127. The molecule has 0 unspecified atom stereocenters. The lowest BCUT2D eigenvalue weighted by Crippen LogP contribution is -1.95. The second kappa shape index (κ2) is 18.0. The van der Waals surface area contributed by atoms with Gasteiger partial charge in [0.05, 0.1) is 0 Å². The second-order valence-electron chi connectivity index (χ2n) is 5.87. The number of hydrogen-bond acceptors (Lipinski definition) is 2. The highest BCUT2D eigenvalue weighted by Crippen LogP contribution is 2.13. The molecule has 0 N–H and O–H groups in total. The minimum absolute atomic E-state index is 0.0832. The molecule has 0 saturated carbocycles. The van der Waals surface area contributed by atoms with Crippen molar-refractivity contribution in [3.05, 3.63) is 12.7 Å². The van der Waals surface area contributed by atoms with Crippen LogP contribution in [-0.4, -0.2) is 5.97 Å². The molecule has 0 saturated heterocycles. The zero-order chi connectivity index (χ0) is 15.6. The van der Waals surface area contributed by atoms with Crippen molar-refractivity contribution in [2.24, 2.45) is 0 Å². The fourth-order valence-corrected chi connectivity index (χ4v) is 2.76. The zero-order valence-corrected chi connectivity index (χ0v) is 15.7. The maximum atomic E-state index is 10.9. The molecule has 0 rings (SSSR count). The standard InChI is InChI=1S/C18H33IO2/c1-2-3-4-5-6-7-8-9-10-11-12-13-14-15-16-17-18(20)21-19/h2H,1,3-17H2. The van der Waals surface area contributed by atoms with Crippen LogP contribution in [0.15, 0.2) is 12.7 Å². The van der Waals surface area contributed by atoms with Crippen molar-refractivity contribution >= 4 is 29.0 Å². The van der Waals surface area contributed by atoms with E-state index in [4.69, 9.17) is 0 Å². The largest absolute Gasteiger partial charge is 0.394 e. The van der Waals surface area contributed by atoms with E-state index in [9.17, 15) is 4.79 Å². The fraction of sp³-hybridized carbons (Fsp3) is 0.833. The van der Waals surface area contributed by atoms with Gasteiger partial charge < -0.3 is 3.07 Å². The number of rotatable bonds is 16. The van der Waals surface area contributed by atoms with Crippen molar-refractivity contribution in [1.82, 2.24) is 0 Å². The SMILES string of the molecule is C=CCCCCCCCCCCCCCCCC(=O)OI. The Kier molecular flexibility index (Phi) is 17.9. The number of hydrogen-bond donors (Lipinski definition) is 0. The minimum Gasteiger partial charge on any atom is -0.394 e. The molecule has 21 heavy (non-hydrogen) atoms. The molecular formula is C18H33IO2. The van der Waals surface area contributed by atoms with Gasteiger partial charge in [-0.2, -0.15) is 0 Å². The first kappa shape index (κ1) is 20.9. The number of unbranched alkanes of at least 4 members (excludes halogenated alkanes) is 13. The second-order valence-corrected chi connectivity index (χ2v) is 6.31. The average molecular weight is 408 g/mol. The van der Waals surface area contributed by atoms with Gasteiger partial charge in [-0.15, -0.1) is 6.58 Å². The molecule has 3 heteroatoms. The summed E-state index contributed by atoms with van der Waals surface area (Å²) in [6.45, 7) is 3.75. The summed E-state index contributed by atoms with van der Waals surface area (Å²) in [6, 6.07) is 0. The Morgan fingerprint density at radius 3 is 1.52 bits per heavy atom. The summed E-state index contributed by atoms with van der Waals surface area (Å²) in [5.74, 6) is -0.0832. The number of allylic oxidation sites excluding steroid dienone is 1. The van der Waals surface area contributed by atoms with Crippen molar-refractivity contribution in [3.63, 3.8) is 0 Å². The maximum Gasteiger partial charge on any atom is 0.315 e. The van der Waals surface area contributed by atoms with E-state index in [1.54, 1.807) is 23.0 Å². The molecule has 0 aromatic rings. The highest BCUT2D eigenvalue weighted by molar-refractivity contribution is 14.1. The Morgan fingerprint density at radius 1 is 0.762 bits per heavy atom. The lowest BCUT2D eigenvalue weighted by Gasteiger charge is -2.03. The van der Waals surface area contributed by atoms with Crippen LogP contribution in [0.1, 0.15) is 96.3 Å². The van der Waals surface area contributed by atoms with Gasteiger partial charge in [0.1, 0.15) is 0 Å². The smallest absolute Gasteiger partial charge is 0.315 e. The molecule has 0 aliphatic heterocycles. The average Bonchev–Trinajstić information content (AvgIpc) is 2.50. The summed E-state index contributed by atoms with van der Waals surface area (Å²) < 4.78 is 4.60. The molecule has 0 aliphatic carbocycles. The number of carbonyl (C=O) groups excluding carboxylic acids is 1. The van der Waals surface area contributed by atoms with Crippen LogP contribution in [0.25, 0.3) is 0 Å². The Balaban J connectivity index is 2.99. The summed E-state index contributed by atoms with van der Waals surface area (Å²) in [6.07, 6.45) is 21.0. The molecule has 124 valence electrons. The Morgan fingerprint density at radius 2 is 1.14 bits per heavy atom. The van der Waals surface area contributed by atoms with Crippen LogP contribution < -0.4 is 0 Å². The lowest BCUT2D eigenvalue weighted by atomic mass is 10.0. The van der Waals surface area contributed by atoms with Gasteiger partial charge in [-0.1, -0.05) is 76.7 Å². The van der Waals surface area contributed by atoms with Gasteiger partial charge in [-0.3, -0.25) is 4.79 Å². The first-order chi connectivity index (χ1) is 10.3. The summed E-state index contributed by atoms with van der Waals surface area (Å²) in [4.78, 5) is 10.9. The predicted octanol–water partition coefficient (Wildman–Crippen LogP) is 6.92. The Labute approximate surface area is 145 Å². The van der Waals surface area contributed by atoms with Gasteiger partial charge in [0.15, 0.2) is 23.0 Å². The van der Waals surface area contributed by atoms with Crippen LogP contribution >= 0.6 is 23.0 Å². The van der Waals surface area contributed by atoms with Crippen molar-refractivity contribution in [1.29, 1.82) is 0 Å². The van der Waals surface area contributed by atoms with E-state index in [1.807, 2.05) is 6.08 Å². The summed E-state index contributed by atoms with van der Waals surface area (Å²) in [7, 11) is 0. The highest BCUT2D eigenvalue weighted by Gasteiger charge is 2.00. The predicted molar refractivity (Wildman–Crippen MR) is 99.6 cm³/mol. The molecule has 0 amide bonds. The van der Waals surface area contributed by atoms with E-state index in [0.29, 0.717) is 6.42 Å². The van der Waals surface area contributed by atoms with E-state index in [2.05, 4.69) is 9.65 Å². The molecule has 0 aromatic heterocycles. The third kappa shape index (κ3) is 17.9. The topological polar surface area (TPSA) is 26.3 Å². The van der Waals surface area contributed by atoms with E-state index in [0.717, 1.165) is 12.8 Å². The third-order valence-corrected chi connectivity index (χ3v) is 4.37. The van der Waals surface area contributed by atoms with E-state index >= 15 is 0 Å². The van der Waals surface area contributed by atoms with Gasteiger partial charge in [0.2, 0.25) is 0 Å². The minimum atomic E-state index is -0.0832. The molecule has 0 aromatic carbocycles. The van der Waals surface area contributed by atoms with Crippen LogP contribution in [0, 0.1) is 0 Å². The van der Waals surface area contributed by atoms with Gasteiger partial charge in [0.25, 0.3) is 0 Å². The molecule has 0 atom stereocenters. The van der Waals surface area contributed by atoms with Gasteiger partial charge >= 0.3 is 5.97 Å².